The Labute approximate surface area is 231 Å². The van der Waals surface area contributed by atoms with E-state index in [1.54, 1.807) is 42.5 Å². The molecule has 4 rings (SSSR count). The molecule has 0 unspecified atom stereocenters. The van der Waals surface area contributed by atoms with E-state index in [1.165, 1.54) is 23.5 Å². The maximum atomic E-state index is 13.3. The molecular formula is C27H19Cl3N2O4S. The summed E-state index contributed by atoms with van der Waals surface area (Å²) in [5, 5.41) is 16.9. The number of rotatable bonds is 8. The number of halogens is 3. The molecule has 0 aliphatic rings. The van der Waals surface area contributed by atoms with Gasteiger partial charge in [-0.15, -0.1) is 11.3 Å². The lowest BCUT2D eigenvalue weighted by atomic mass is 10.1. The maximum absolute atomic E-state index is 13.3. The van der Waals surface area contributed by atoms with Crippen LogP contribution in [-0.4, -0.2) is 28.9 Å². The second-order valence-corrected chi connectivity index (χ2v) is 10.4. The van der Waals surface area contributed by atoms with Gasteiger partial charge in [0.15, 0.2) is 0 Å². The highest BCUT2D eigenvalue weighted by Crippen LogP contribution is 2.26. The molecule has 0 bridgehead atoms. The number of carboxylic acid groups (broad SMARTS) is 1. The van der Waals surface area contributed by atoms with Crippen LogP contribution in [0.4, 0.5) is 0 Å². The Morgan fingerprint density at radius 2 is 1.65 bits per heavy atom. The van der Waals surface area contributed by atoms with Crippen molar-refractivity contribution in [2.24, 2.45) is 0 Å². The highest BCUT2D eigenvalue weighted by atomic mass is 35.5. The van der Waals surface area contributed by atoms with Crippen LogP contribution in [0.2, 0.25) is 15.1 Å². The summed E-state index contributed by atoms with van der Waals surface area (Å²) in [6.45, 7) is 0. The zero-order valence-corrected chi connectivity index (χ0v) is 22.1. The standard InChI is InChI=1S/C27H19Cl3N2O4S/c28-18-8-5-15(6-9-18)12-22(27(35)36)32-25(33)21(13-16-7-10-19(29)20(30)11-16)31-26(34)24-14-17-3-1-2-4-23(17)37-24/h1-11,13-14,22H,12H2,(H,31,34)(H,32,33)(H,35,36)/b21-13+/t22-/m0/s1. The van der Waals surface area contributed by atoms with Gasteiger partial charge in [-0.2, -0.15) is 0 Å². The fraction of sp³-hybridized carbons (Fsp3) is 0.0741. The van der Waals surface area contributed by atoms with E-state index >= 15 is 0 Å². The number of aliphatic carboxylic acids is 1. The Morgan fingerprint density at radius 1 is 0.919 bits per heavy atom. The first kappa shape index (κ1) is 26.7. The molecule has 1 heterocycles. The van der Waals surface area contributed by atoms with Gasteiger partial charge in [0.25, 0.3) is 11.8 Å². The molecule has 0 fully saturated rings. The Hall–Kier alpha value is -3.36. The van der Waals surface area contributed by atoms with Gasteiger partial charge >= 0.3 is 5.97 Å². The Morgan fingerprint density at radius 3 is 2.32 bits per heavy atom. The van der Waals surface area contributed by atoms with Crippen LogP contribution in [0.25, 0.3) is 16.2 Å². The van der Waals surface area contributed by atoms with Crippen LogP contribution in [0.3, 0.4) is 0 Å². The normalized spacial score (nSPS) is 12.2. The minimum absolute atomic E-state index is 0.0164. The Balaban J connectivity index is 1.62. The van der Waals surface area contributed by atoms with Crippen molar-refractivity contribution in [1.29, 1.82) is 0 Å². The quantitative estimate of drug-likeness (QED) is 0.211. The molecule has 4 aromatic rings. The molecule has 188 valence electrons. The molecule has 0 saturated heterocycles. The molecule has 2 amide bonds. The van der Waals surface area contributed by atoms with Crippen molar-refractivity contribution in [1.82, 2.24) is 10.6 Å². The molecule has 1 atom stereocenters. The molecule has 10 heteroatoms. The van der Waals surface area contributed by atoms with Gasteiger partial charge in [0.2, 0.25) is 0 Å². The third-order valence-corrected chi connectivity index (χ3v) is 7.46. The topological polar surface area (TPSA) is 95.5 Å². The van der Waals surface area contributed by atoms with E-state index in [4.69, 9.17) is 34.8 Å². The van der Waals surface area contributed by atoms with Gasteiger partial charge in [0, 0.05) is 16.1 Å². The number of hydrogen-bond acceptors (Lipinski definition) is 4. The molecule has 1 aromatic heterocycles. The summed E-state index contributed by atoms with van der Waals surface area (Å²) in [4.78, 5) is 38.7. The number of benzene rings is 3. The van der Waals surface area contributed by atoms with Crippen LogP contribution in [0.1, 0.15) is 20.8 Å². The summed E-state index contributed by atoms with van der Waals surface area (Å²) in [7, 11) is 0. The Bertz CT molecular complexity index is 1480. The highest BCUT2D eigenvalue weighted by molar-refractivity contribution is 7.20. The molecule has 37 heavy (non-hydrogen) atoms. The fourth-order valence-corrected chi connectivity index (χ4v) is 4.89. The van der Waals surface area contributed by atoms with Crippen LogP contribution in [-0.2, 0) is 16.0 Å². The summed E-state index contributed by atoms with van der Waals surface area (Å²) in [5.41, 5.74) is 1.00. The van der Waals surface area contributed by atoms with Crippen LogP contribution >= 0.6 is 46.1 Å². The summed E-state index contributed by atoms with van der Waals surface area (Å²) in [6.07, 6.45) is 1.42. The van der Waals surface area contributed by atoms with Gasteiger partial charge in [0.05, 0.1) is 14.9 Å². The molecule has 0 spiro atoms. The lowest BCUT2D eigenvalue weighted by Gasteiger charge is -2.17. The van der Waals surface area contributed by atoms with Crippen molar-refractivity contribution in [3.05, 3.63) is 110 Å². The zero-order valence-electron chi connectivity index (χ0n) is 19.0. The first-order valence-corrected chi connectivity index (χ1v) is 12.9. The predicted octanol–water partition coefficient (Wildman–Crippen LogP) is 6.44. The fourth-order valence-electron chi connectivity index (χ4n) is 3.50. The SMILES string of the molecule is O=C(N[C@@H](Cc1ccc(Cl)cc1)C(=O)O)/C(=C\c1ccc(Cl)c(Cl)c1)NC(=O)c1cc2ccccc2s1. The lowest BCUT2D eigenvalue weighted by molar-refractivity contribution is -0.141. The number of fused-ring (bicyclic) bond motifs is 1. The largest absolute Gasteiger partial charge is 0.480 e. The van der Waals surface area contributed by atoms with Crippen molar-refractivity contribution in [2.75, 3.05) is 0 Å². The van der Waals surface area contributed by atoms with Crippen molar-refractivity contribution in [2.45, 2.75) is 12.5 Å². The van der Waals surface area contributed by atoms with Gasteiger partial charge in [-0.1, -0.05) is 71.2 Å². The highest BCUT2D eigenvalue weighted by Gasteiger charge is 2.24. The minimum atomic E-state index is -1.26. The van der Waals surface area contributed by atoms with E-state index < -0.39 is 23.8 Å². The monoisotopic (exact) mass is 572 g/mol. The van der Waals surface area contributed by atoms with Crippen molar-refractivity contribution < 1.29 is 19.5 Å². The maximum Gasteiger partial charge on any atom is 0.326 e. The Kier molecular flexibility index (Phi) is 8.51. The second-order valence-electron chi connectivity index (χ2n) is 8.03. The average Bonchev–Trinajstić information content (AvgIpc) is 3.31. The van der Waals surface area contributed by atoms with Gasteiger partial charge < -0.3 is 15.7 Å². The second kappa shape index (κ2) is 11.8. The summed E-state index contributed by atoms with van der Waals surface area (Å²) in [6, 6.07) is 19.3. The van der Waals surface area contributed by atoms with E-state index in [-0.39, 0.29) is 17.1 Å². The molecule has 0 aliphatic heterocycles. The van der Waals surface area contributed by atoms with Gasteiger partial charge in [-0.05, 0) is 59.0 Å². The number of thiophene rings is 1. The minimum Gasteiger partial charge on any atom is -0.480 e. The number of amides is 2. The van der Waals surface area contributed by atoms with Crippen LogP contribution in [0, 0.1) is 0 Å². The molecular weight excluding hydrogens is 555 g/mol. The van der Waals surface area contributed by atoms with Gasteiger partial charge in [-0.25, -0.2) is 4.79 Å². The first-order chi connectivity index (χ1) is 17.7. The summed E-state index contributed by atoms with van der Waals surface area (Å²) >= 11 is 19.3. The van der Waals surface area contributed by atoms with Crippen LogP contribution < -0.4 is 10.6 Å². The molecule has 3 N–H and O–H groups in total. The van der Waals surface area contributed by atoms with E-state index in [1.807, 2.05) is 24.3 Å². The number of carbonyl (C=O) groups is 3. The first-order valence-electron chi connectivity index (χ1n) is 10.9. The lowest BCUT2D eigenvalue weighted by Crippen LogP contribution is -2.45. The molecule has 6 nitrogen and oxygen atoms in total. The predicted molar refractivity (Wildman–Crippen MR) is 148 cm³/mol. The number of carbonyl (C=O) groups excluding carboxylic acids is 2. The summed E-state index contributed by atoms with van der Waals surface area (Å²) in [5.74, 6) is -2.51. The van der Waals surface area contributed by atoms with Gasteiger partial charge in [0.1, 0.15) is 11.7 Å². The van der Waals surface area contributed by atoms with Crippen LogP contribution in [0.5, 0.6) is 0 Å². The van der Waals surface area contributed by atoms with Crippen molar-refractivity contribution in [3.63, 3.8) is 0 Å². The average molecular weight is 574 g/mol. The molecule has 0 aliphatic carbocycles. The molecule has 3 aromatic carbocycles. The smallest absolute Gasteiger partial charge is 0.326 e. The van der Waals surface area contributed by atoms with E-state index in [0.717, 1.165) is 10.1 Å². The number of nitrogens with one attached hydrogen (secondary N) is 2. The van der Waals surface area contributed by atoms with Crippen LogP contribution in [0.15, 0.2) is 78.5 Å². The third-order valence-electron chi connectivity index (χ3n) is 5.35. The summed E-state index contributed by atoms with van der Waals surface area (Å²) < 4.78 is 0.918. The number of carboxylic acids is 1. The number of hydrogen-bond donors (Lipinski definition) is 3. The zero-order chi connectivity index (χ0) is 26.5. The van der Waals surface area contributed by atoms with E-state index in [9.17, 15) is 19.5 Å². The van der Waals surface area contributed by atoms with Crippen molar-refractivity contribution in [3.8, 4) is 0 Å². The van der Waals surface area contributed by atoms with E-state index in [2.05, 4.69) is 10.6 Å². The van der Waals surface area contributed by atoms with Crippen molar-refractivity contribution >= 4 is 80.1 Å². The molecule has 0 radical (unpaired) electrons. The van der Waals surface area contributed by atoms with Gasteiger partial charge in [-0.3, -0.25) is 9.59 Å². The third kappa shape index (κ3) is 6.90. The molecule has 0 saturated carbocycles. The van der Waals surface area contributed by atoms with E-state index in [0.29, 0.717) is 26.0 Å².